The van der Waals surface area contributed by atoms with Gasteiger partial charge in [0.2, 0.25) is 5.91 Å². The molecule has 1 N–H and O–H groups in total. The van der Waals surface area contributed by atoms with Crippen LogP contribution in [0.2, 0.25) is 0 Å². The van der Waals surface area contributed by atoms with Gasteiger partial charge in [0.1, 0.15) is 0 Å². The zero-order valence-corrected chi connectivity index (χ0v) is 15.8. The fraction of sp³-hybridized carbons (Fsp3) is 0.947. The Morgan fingerprint density at radius 2 is 1.74 bits per heavy atom. The molecule has 1 saturated heterocycles. The van der Waals surface area contributed by atoms with Crippen LogP contribution >= 0.6 is 12.4 Å². The first-order valence-corrected chi connectivity index (χ1v) is 9.79. The van der Waals surface area contributed by atoms with Crippen LogP contribution < -0.4 is 5.32 Å². The van der Waals surface area contributed by atoms with Crippen molar-refractivity contribution in [2.45, 2.75) is 77.6 Å². The van der Waals surface area contributed by atoms with Crippen molar-refractivity contribution in [3.63, 3.8) is 0 Å². The van der Waals surface area contributed by atoms with Crippen LogP contribution in [0.4, 0.5) is 0 Å². The molecule has 23 heavy (non-hydrogen) atoms. The third-order valence-electron chi connectivity index (χ3n) is 5.58. The van der Waals surface area contributed by atoms with Gasteiger partial charge < -0.3 is 10.2 Å². The van der Waals surface area contributed by atoms with Gasteiger partial charge in [0.15, 0.2) is 0 Å². The monoisotopic (exact) mass is 344 g/mol. The van der Waals surface area contributed by atoms with E-state index in [1.54, 1.807) is 0 Å². The van der Waals surface area contributed by atoms with Crippen molar-refractivity contribution in [3.8, 4) is 0 Å². The number of nitrogens with one attached hydrogen (secondary N) is 1. The maximum atomic E-state index is 12.2. The van der Waals surface area contributed by atoms with Crippen LogP contribution in [0.5, 0.6) is 0 Å². The number of likely N-dealkylation sites (tertiary alicyclic amines) is 1. The average molecular weight is 345 g/mol. The standard InChI is InChI=1S/C19H36N2O.ClH/c1-2-3-8-17-9-11-18(12-10-17)19(22)20-13-4-5-14-21-15-6-7-16-21;/h17-18H,2-16H2,1H3,(H,20,22);1H. The largest absolute Gasteiger partial charge is 0.356 e. The molecule has 1 aliphatic heterocycles. The highest BCUT2D eigenvalue weighted by molar-refractivity contribution is 5.85. The van der Waals surface area contributed by atoms with E-state index in [0.29, 0.717) is 11.8 Å². The number of unbranched alkanes of at least 4 members (excludes halogenated alkanes) is 2. The first-order chi connectivity index (χ1) is 10.8. The Balaban J connectivity index is 0.00000264. The Labute approximate surface area is 149 Å². The molecule has 3 nitrogen and oxygen atoms in total. The Kier molecular flexibility index (Phi) is 11.0. The third-order valence-corrected chi connectivity index (χ3v) is 5.58. The van der Waals surface area contributed by atoms with Gasteiger partial charge in [-0.25, -0.2) is 0 Å². The lowest BCUT2D eigenvalue weighted by atomic mass is 9.79. The molecule has 0 aromatic rings. The molecule has 0 aromatic heterocycles. The quantitative estimate of drug-likeness (QED) is 0.629. The van der Waals surface area contributed by atoms with Crippen LogP contribution in [0.1, 0.15) is 77.6 Å². The van der Waals surface area contributed by atoms with Crippen molar-refractivity contribution in [1.82, 2.24) is 10.2 Å². The summed E-state index contributed by atoms with van der Waals surface area (Å²) < 4.78 is 0. The minimum Gasteiger partial charge on any atom is -0.356 e. The summed E-state index contributed by atoms with van der Waals surface area (Å²) in [5.41, 5.74) is 0. The summed E-state index contributed by atoms with van der Waals surface area (Å²) in [5.74, 6) is 1.52. The van der Waals surface area contributed by atoms with E-state index in [1.165, 1.54) is 71.0 Å². The second-order valence-corrected chi connectivity index (χ2v) is 7.41. The van der Waals surface area contributed by atoms with E-state index in [9.17, 15) is 4.79 Å². The highest BCUT2D eigenvalue weighted by Crippen LogP contribution is 2.31. The number of hydrogen-bond donors (Lipinski definition) is 1. The number of carbonyl (C=O) groups excluding carboxylic acids is 1. The molecule has 2 aliphatic rings. The van der Waals surface area contributed by atoms with E-state index in [-0.39, 0.29) is 12.4 Å². The molecule has 1 aliphatic carbocycles. The lowest BCUT2D eigenvalue weighted by Crippen LogP contribution is -2.34. The molecule has 2 fully saturated rings. The van der Waals surface area contributed by atoms with Crippen molar-refractivity contribution in [2.24, 2.45) is 11.8 Å². The van der Waals surface area contributed by atoms with Crippen molar-refractivity contribution < 1.29 is 4.79 Å². The second-order valence-electron chi connectivity index (χ2n) is 7.41. The number of carbonyl (C=O) groups is 1. The van der Waals surface area contributed by atoms with Gasteiger partial charge in [0.25, 0.3) is 0 Å². The SMILES string of the molecule is CCCCC1CCC(C(=O)NCCCCN2CCCC2)CC1.Cl. The highest BCUT2D eigenvalue weighted by Gasteiger charge is 2.25. The summed E-state index contributed by atoms with van der Waals surface area (Å²) in [7, 11) is 0. The van der Waals surface area contributed by atoms with E-state index in [1.807, 2.05) is 0 Å². The molecule has 0 atom stereocenters. The van der Waals surface area contributed by atoms with E-state index >= 15 is 0 Å². The summed E-state index contributed by atoms with van der Waals surface area (Å²) in [6, 6.07) is 0. The Morgan fingerprint density at radius 1 is 1.04 bits per heavy atom. The molecule has 0 unspecified atom stereocenters. The minimum atomic E-state index is 0. The van der Waals surface area contributed by atoms with Gasteiger partial charge in [-0.2, -0.15) is 0 Å². The number of rotatable bonds is 9. The zero-order chi connectivity index (χ0) is 15.6. The van der Waals surface area contributed by atoms with Crippen LogP contribution in [0.3, 0.4) is 0 Å². The number of nitrogens with zero attached hydrogens (tertiary/aromatic N) is 1. The normalized spacial score (nSPS) is 25.1. The Hall–Kier alpha value is -0.280. The predicted octanol–water partition coefficient (Wildman–Crippen LogP) is 4.40. The first-order valence-electron chi connectivity index (χ1n) is 9.79. The maximum Gasteiger partial charge on any atom is 0.223 e. The molecule has 0 aromatic carbocycles. The van der Waals surface area contributed by atoms with Gasteiger partial charge in [-0.3, -0.25) is 4.79 Å². The van der Waals surface area contributed by atoms with Gasteiger partial charge in [0.05, 0.1) is 0 Å². The lowest BCUT2D eigenvalue weighted by Gasteiger charge is -2.27. The van der Waals surface area contributed by atoms with Crippen LogP contribution in [-0.2, 0) is 4.79 Å². The molecule has 4 heteroatoms. The zero-order valence-electron chi connectivity index (χ0n) is 15.0. The van der Waals surface area contributed by atoms with E-state index in [4.69, 9.17) is 0 Å². The highest BCUT2D eigenvalue weighted by atomic mass is 35.5. The van der Waals surface area contributed by atoms with Gasteiger partial charge in [0, 0.05) is 12.5 Å². The molecule has 1 heterocycles. The number of hydrogen-bond acceptors (Lipinski definition) is 2. The molecule has 136 valence electrons. The molecule has 1 amide bonds. The molecule has 0 bridgehead atoms. The minimum absolute atomic E-state index is 0. The van der Waals surface area contributed by atoms with Crippen LogP contribution in [0, 0.1) is 11.8 Å². The first kappa shape index (κ1) is 20.8. The van der Waals surface area contributed by atoms with Gasteiger partial charge in [-0.15, -0.1) is 12.4 Å². The topological polar surface area (TPSA) is 32.3 Å². The van der Waals surface area contributed by atoms with Crippen LogP contribution in [0.15, 0.2) is 0 Å². The lowest BCUT2D eigenvalue weighted by molar-refractivity contribution is -0.126. The molecule has 1 saturated carbocycles. The Bertz CT molecular complexity index is 310. The van der Waals surface area contributed by atoms with Gasteiger partial charge >= 0.3 is 0 Å². The van der Waals surface area contributed by atoms with Crippen LogP contribution in [-0.4, -0.2) is 37.0 Å². The molecule has 2 rings (SSSR count). The molecule has 0 spiro atoms. The summed E-state index contributed by atoms with van der Waals surface area (Å²) >= 11 is 0. The average Bonchev–Trinajstić information content (AvgIpc) is 3.06. The summed E-state index contributed by atoms with van der Waals surface area (Å²) in [6.45, 7) is 6.94. The summed E-state index contributed by atoms with van der Waals surface area (Å²) in [4.78, 5) is 14.8. The van der Waals surface area contributed by atoms with Gasteiger partial charge in [-0.1, -0.05) is 26.2 Å². The van der Waals surface area contributed by atoms with E-state index < -0.39 is 0 Å². The van der Waals surface area contributed by atoms with E-state index in [2.05, 4.69) is 17.1 Å². The van der Waals surface area contributed by atoms with Crippen LogP contribution in [0.25, 0.3) is 0 Å². The smallest absolute Gasteiger partial charge is 0.223 e. The Morgan fingerprint density at radius 3 is 2.39 bits per heavy atom. The van der Waals surface area contributed by atoms with Crippen molar-refractivity contribution in [2.75, 3.05) is 26.2 Å². The van der Waals surface area contributed by atoms with Crippen molar-refractivity contribution in [1.29, 1.82) is 0 Å². The van der Waals surface area contributed by atoms with Crippen molar-refractivity contribution in [3.05, 3.63) is 0 Å². The van der Waals surface area contributed by atoms with Crippen molar-refractivity contribution >= 4 is 18.3 Å². The fourth-order valence-electron chi connectivity index (χ4n) is 4.03. The number of amides is 1. The predicted molar refractivity (Wildman–Crippen MR) is 100 cm³/mol. The summed E-state index contributed by atoms with van der Waals surface area (Å²) in [5, 5.41) is 3.18. The second kappa shape index (κ2) is 12.1. The fourth-order valence-corrected chi connectivity index (χ4v) is 4.03. The maximum absolute atomic E-state index is 12.2. The molecule has 0 radical (unpaired) electrons. The third kappa shape index (κ3) is 7.89. The van der Waals surface area contributed by atoms with E-state index in [0.717, 1.165) is 31.7 Å². The molecular formula is C19H37ClN2O. The number of halogens is 1. The molecular weight excluding hydrogens is 308 g/mol. The summed E-state index contributed by atoms with van der Waals surface area (Å²) in [6.07, 6.45) is 13.9. The van der Waals surface area contributed by atoms with Gasteiger partial charge in [-0.05, 0) is 76.9 Å².